The molecule has 0 fully saturated rings. The van der Waals surface area contributed by atoms with E-state index in [4.69, 9.17) is 0 Å². The van der Waals surface area contributed by atoms with Crippen LogP contribution in [0.1, 0.15) is 50.1 Å². The molecule has 3 atom stereocenters. The highest BCUT2D eigenvalue weighted by Crippen LogP contribution is 2.66. The molecule has 10 rings (SSSR count). The zero-order valence-electron chi connectivity index (χ0n) is 28.9. The van der Waals surface area contributed by atoms with Crippen molar-refractivity contribution in [2.75, 3.05) is 0 Å². The molecule has 0 heterocycles. The van der Waals surface area contributed by atoms with E-state index >= 15 is 0 Å². The van der Waals surface area contributed by atoms with Crippen molar-refractivity contribution in [3.05, 3.63) is 214 Å². The molecule has 0 radical (unpaired) electrons. The lowest BCUT2D eigenvalue weighted by atomic mass is 9.77. The van der Waals surface area contributed by atoms with Gasteiger partial charge in [-0.05, 0) is 69.8 Å². The highest BCUT2D eigenvalue weighted by molar-refractivity contribution is 6.05. The molecule has 0 spiro atoms. The molecule has 54 heavy (non-hydrogen) atoms. The smallest absolute Gasteiger partial charge is 0.179 e. The van der Waals surface area contributed by atoms with E-state index in [1.54, 1.807) is 0 Å². The van der Waals surface area contributed by atoms with E-state index in [-0.39, 0.29) is 0 Å². The van der Waals surface area contributed by atoms with Crippen LogP contribution in [0.5, 0.6) is 0 Å². The summed E-state index contributed by atoms with van der Waals surface area (Å²) < 4.78 is 0. The average molecular weight is 691 g/mol. The highest BCUT2D eigenvalue weighted by atomic mass is 16.3. The Balaban J connectivity index is 1.40. The Labute approximate surface area is 313 Å². The van der Waals surface area contributed by atoms with Gasteiger partial charge in [-0.1, -0.05) is 163 Å². The summed E-state index contributed by atoms with van der Waals surface area (Å²) in [6.45, 7) is 0. The van der Waals surface area contributed by atoms with Crippen LogP contribution in [0.3, 0.4) is 0 Å². The van der Waals surface area contributed by atoms with Gasteiger partial charge in [0.2, 0.25) is 0 Å². The topological polar surface area (TPSA) is 60.7 Å². The SMILES string of the molecule is O[C@]1(C#Cc2ccccc2)c2ccccc2-c2c1c1c(c3c2[C@](O)(C#Cc2ccccc2)c2ccccc2-3)[C@@](O)(C#Cc2ccccc2)c2ccccc2-1. The Bertz CT molecular complexity index is 2540. The first kappa shape index (κ1) is 31.8. The molecule has 7 aromatic rings. The van der Waals surface area contributed by atoms with Gasteiger partial charge in [0, 0.05) is 50.1 Å². The number of benzene rings is 7. The first-order chi connectivity index (χ1) is 26.4. The van der Waals surface area contributed by atoms with Crippen LogP contribution in [-0.4, -0.2) is 15.3 Å². The molecule has 0 aliphatic heterocycles. The van der Waals surface area contributed by atoms with Crippen LogP contribution in [0, 0.1) is 35.5 Å². The van der Waals surface area contributed by atoms with Crippen LogP contribution >= 0.6 is 0 Å². The van der Waals surface area contributed by atoms with E-state index in [1.165, 1.54) is 0 Å². The van der Waals surface area contributed by atoms with Crippen LogP contribution in [-0.2, 0) is 16.8 Å². The lowest BCUT2D eigenvalue weighted by Crippen LogP contribution is -2.28. The maximum Gasteiger partial charge on any atom is 0.179 e. The predicted octanol–water partition coefficient (Wildman–Crippen LogP) is 8.49. The van der Waals surface area contributed by atoms with Crippen molar-refractivity contribution in [2.45, 2.75) is 16.8 Å². The molecule has 0 bridgehead atoms. The molecule has 3 aliphatic rings. The van der Waals surface area contributed by atoms with Gasteiger partial charge in [0.15, 0.2) is 16.8 Å². The first-order valence-electron chi connectivity index (χ1n) is 17.9. The zero-order valence-corrected chi connectivity index (χ0v) is 28.9. The van der Waals surface area contributed by atoms with Crippen molar-refractivity contribution in [3.63, 3.8) is 0 Å². The van der Waals surface area contributed by atoms with Crippen LogP contribution in [0.15, 0.2) is 164 Å². The molecule has 252 valence electrons. The summed E-state index contributed by atoms with van der Waals surface area (Å²) in [5.41, 5.74) is 4.19. The van der Waals surface area contributed by atoms with Crippen molar-refractivity contribution >= 4 is 0 Å². The Morgan fingerprint density at radius 3 is 0.815 bits per heavy atom. The zero-order chi connectivity index (χ0) is 36.5. The van der Waals surface area contributed by atoms with Crippen LogP contribution in [0.4, 0.5) is 0 Å². The first-order valence-corrected chi connectivity index (χ1v) is 17.9. The molecule has 0 saturated carbocycles. The number of rotatable bonds is 0. The fraction of sp³-hybridized carbons (Fsp3) is 0.0588. The molecular formula is C51H30O3. The van der Waals surface area contributed by atoms with Gasteiger partial charge in [-0.2, -0.15) is 0 Å². The number of aliphatic hydroxyl groups is 3. The minimum Gasteiger partial charge on any atom is -0.369 e. The monoisotopic (exact) mass is 690 g/mol. The molecule has 0 aromatic heterocycles. The van der Waals surface area contributed by atoms with Gasteiger partial charge in [0.1, 0.15) is 0 Å². The summed E-state index contributed by atoms with van der Waals surface area (Å²) in [6, 6.07) is 51.8. The molecule has 0 saturated heterocycles. The van der Waals surface area contributed by atoms with Gasteiger partial charge in [-0.15, -0.1) is 0 Å². The number of fused-ring (bicyclic) bond motifs is 12. The summed E-state index contributed by atoms with van der Waals surface area (Å²) in [5, 5.41) is 40.0. The van der Waals surface area contributed by atoms with Gasteiger partial charge < -0.3 is 15.3 Å². The molecular weight excluding hydrogens is 661 g/mol. The Morgan fingerprint density at radius 2 is 0.537 bits per heavy atom. The summed E-state index contributed by atoms with van der Waals surface area (Å²) in [6.07, 6.45) is 0. The fourth-order valence-electron chi connectivity index (χ4n) is 8.54. The van der Waals surface area contributed by atoms with Crippen LogP contribution in [0.25, 0.3) is 33.4 Å². The van der Waals surface area contributed by atoms with Crippen molar-refractivity contribution in [2.24, 2.45) is 0 Å². The van der Waals surface area contributed by atoms with Crippen molar-refractivity contribution < 1.29 is 15.3 Å². The van der Waals surface area contributed by atoms with Gasteiger partial charge in [0.25, 0.3) is 0 Å². The Morgan fingerprint density at radius 1 is 0.296 bits per heavy atom. The normalized spacial score (nSPS) is 20.3. The van der Waals surface area contributed by atoms with Crippen LogP contribution in [0.2, 0.25) is 0 Å². The van der Waals surface area contributed by atoms with Gasteiger partial charge in [-0.3, -0.25) is 0 Å². The second-order valence-electron chi connectivity index (χ2n) is 13.9. The third-order valence-corrected chi connectivity index (χ3v) is 10.8. The fourth-order valence-corrected chi connectivity index (χ4v) is 8.54. The van der Waals surface area contributed by atoms with Gasteiger partial charge in [0.05, 0.1) is 0 Å². The predicted molar refractivity (Wildman–Crippen MR) is 212 cm³/mol. The number of hydrogen-bond donors (Lipinski definition) is 3. The van der Waals surface area contributed by atoms with Crippen LogP contribution < -0.4 is 0 Å². The minimum absolute atomic E-state index is 0.499. The summed E-state index contributed by atoms with van der Waals surface area (Å²) in [4.78, 5) is 0. The lowest BCUT2D eigenvalue weighted by Gasteiger charge is -2.29. The maximum atomic E-state index is 13.3. The van der Waals surface area contributed by atoms with Crippen molar-refractivity contribution in [1.82, 2.24) is 0 Å². The largest absolute Gasteiger partial charge is 0.369 e. The third kappa shape index (κ3) is 4.47. The van der Waals surface area contributed by atoms with E-state index in [1.807, 2.05) is 164 Å². The molecule has 7 aromatic carbocycles. The summed E-state index contributed by atoms with van der Waals surface area (Å²) in [5.74, 6) is 19.7. The molecule has 0 unspecified atom stereocenters. The van der Waals surface area contributed by atoms with E-state index in [0.717, 1.165) is 33.4 Å². The van der Waals surface area contributed by atoms with Gasteiger partial charge >= 0.3 is 0 Å². The second kappa shape index (κ2) is 11.8. The Hall–Kier alpha value is -6.90. The lowest BCUT2D eigenvalue weighted by molar-refractivity contribution is 0.142. The van der Waals surface area contributed by atoms with Crippen molar-refractivity contribution in [1.29, 1.82) is 0 Å². The third-order valence-electron chi connectivity index (χ3n) is 10.8. The summed E-state index contributed by atoms with van der Waals surface area (Å²) in [7, 11) is 0. The number of hydrogen-bond acceptors (Lipinski definition) is 3. The van der Waals surface area contributed by atoms with E-state index < -0.39 is 16.8 Å². The molecule has 3 nitrogen and oxygen atoms in total. The van der Waals surface area contributed by atoms with E-state index in [9.17, 15) is 15.3 Å². The average Bonchev–Trinajstić information content (AvgIpc) is 3.75. The standard InChI is InChI=1S/C51H30O3/c52-49(31-28-34-16-4-1-5-17-34)40-25-13-10-22-37(40)43-46(49)44-38-23-11-14-26-41(38)50(53,32-29-35-18-6-2-7-19-35)48(44)45-39-24-12-15-27-42(39)51(54,47(43)45)33-30-36-20-8-3-9-21-36/h1-27,52-54H/t49-,50-,51+/m1/s1. The minimum atomic E-state index is -1.84. The van der Waals surface area contributed by atoms with E-state index in [2.05, 4.69) is 35.5 Å². The van der Waals surface area contributed by atoms with E-state index in [0.29, 0.717) is 50.1 Å². The van der Waals surface area contributed by atoms with Crippen molar-refractivity contribution in [3.8, 4) is 68.9 Å². The highest BCUT2D eigenvalue weighted by Gasteiger charge is 2.57. The maximum absolute atomic E-state index is 13.3. The molecule has 3 N–H and O–H groups in total. The molecule has 3 heteroatoms. The quantitative estimate of drug-likeness (QED) is 0.140. The molecule has 0 amide bonds. The second-order valence-corrected chi connectivity index (χ2v) is 13.9. The Kier molecular flexibility index (Phi) is 6.96. The van der Waals surface area contributed by atoms with Gasteiger partial charge in [-0.25, -0.2) is 0 Å². The molecule has 3 aliphatic carbocycles. The summed E-state index contributed by atoms with van der Waals surface area (Å²) >= 11 is 0.